The van der Waals surface area contributed by atoms with Crippen LogP contribution in [0.2, 0.25) is 0 Å². The Morgan fingerprint density at radius 3 is 2.46 bits per heavy atom. The number of carbonyl (C=O) groups excluding carboxylic acids is 4. The number of carbonyl (C=O) groups is 4. The molecule has 1 unspecified atom stereocenters. The molecule has 1 fully saturated rings. The van der Waals surface area contributed by atoms with Crippen LogP contribution < -0.4 is 21.5 Å². The Labute approximate surface area is 228 Å². The van der Waals surface area contributed by atoms with Gasteiger partial charge in [0.2, 0.25) is 17.7 Å². The molecule has 1 aliphatic rings. The molecule has 4 amide bonds. The monoisotopic (exact) mass is 541 g/mol. The molecule has 0 saturated carbocycles. The number of aromatic nitrogens is 2. The molecule has 1 aromatic heterocycles. The predicted molar refractivity (Wildman–Crippen MR) is 147 cm³/mol. The van der Waals surface area contributed by atoms with Gasteiger partial charge in [-0.1, -0.05) is 31.7 Å². The molecule has 0 bridgehead atoms. The number of fused-ring (bicyclic) bond motifs is 1. The van der Waals surface area contributed by atoms with E-state index in [1.165, 1.54) is 4.57 Å². The lowest BCUT2D eigenvalue weighted by Gasteiger charge is -2.24. The van der Waals surface area contributed by atoms with E-state index < -0.39 is 23.6 Å². The second kappa shape index (κ2) is 13.3. The molecule has 39 heavy (non-hydrogen) atoms. The van der Waals surface area contributed by atoms with Crippen LogP contribution in [-0.2, 0) is 19.1 Å². The van der Waals surface area contributed by atoms with Gasteiger partial charge < -0.3 is 15.4 Å². The summed E-state index contributed by atoms with van der Waals surface area (Å²) in [4.78, 5) is 65.9. The quantitative estimate of drug-likeness (QED) is 0.289. The largest absolute Gasteiger partial charge is 0.444 e. The number of anilines is 1. The highest BCUT2D eigenvalue weighted by atomic mass is 16.6. The summed E-state index contributed by atoms with van der Waals surface area (Å²) in [6.07, 6.45) is 5.86. The number of benzene rings is 1. The zero-order chi connectivity index (χ0) is 28.6. The second-order valence-electron chi connectivity index (χ2n) is 10.9. The minimum atomic E-state index is -0.799. The zero-order valence-corrected chi connectivity index (χ0v) is 23.2. The lowest BCUT2D eigenvalue weighted by Crippen LogP contribution is -2.45. The molecular weight excluding hydrogens is 502 g/mol. The summed E-state index contributed by atoms with van der Waals surface area (Å²) in [6, 6.07) is 4.19. The lowest BCUT2D eigenvalue weighted by atomic mass is 10.1. The van der Waals surface area contributed by atoms with Gasteiger partial charge >= 0.3 is 6.09 Å². The number of piperidine rings is 1. The molecule has 1 atom stereocenters. The Kier molecular flexibility index (Phi) is 10.2. The Morgan fingerprint density at radius 2 is 1.77 bits per heavy atom. The van der Waals surface area contributed by atoms with E-state index in [0.29, 0.717) is 35.4 Å². The Hall–Kier alpha value is -3.76. The Balaban J connectivity index is 1.45. The van der Waals surface area contributed by atoms with Gasteiger partial charge in [-0.05, 0) is 59.1 Å². The van der Waals surface area contributed by atoms with Crippen molar-refractivity contribution in [3.05, 3.63) is 34.4 Å². The van der Waals surface area contributed by atoms with Crippen LogP contribution in [0.5, 0.6) is 0 Å². The van der Waals surface area contributed by atoms with Crippen LogP contribution in [0, 0.1) is 6.92 Å². The lowest BCUT2D eigenvalue weighted by molar-refractivity contribution is -0.135. The third kappa shape index (κ3) is 8.62. The van der Waals surface area contributed by atoms with Crippen molar-refractivity contribution in [3.63, 3.8) is 0 Å². The first kappa shape index (κ1) is 29.8. The summed E-state index contributed by atoms with van der Waals surface area (Å²) in [6.45, 7) is 7.70. The van der Waals surface area contributed by atoms with Gasteiger partial charge in [0.1, 0.15) is 23.0 Å². The number of hydrogen-bond acceptors (Lipinski definition) is 7. The normalized spacial score (nSPS) is 15.6. The fourth-order valence-corrected chi connectivity index (χ4v) is 4.56. The maximum atomic E-state index is 13.3. The predicted octanol–water partition coefficient (Wildman–Crippen LogP) is 3.88. The van der Waals surface area contributed by atoms with E-state index in [1.54, 1.807) is 25.1 Å². The minimum absolute atomic E-state index is 0.154. The number of para-hydroxylation sites is 1. The van der Waals surface area contributed by atoms with Gasteiger partial charge in [0, 0.05) is 19.4 Å². The third-order valence-electron chi connectivity index (χ3n) is 6.40. The first-order valence-electron chi connectivity index (χ1n) is 13.6. The topological polar surface area (TPSA) is 148 Å². The molecule has 3 rings (SSSR count). The van der Waals surface area contributed by atoms with Crippen LogP contribution in [-0.4, -0.2) is 45.5 Å². The van der Waals surface area contributed by atoms with Crippen LogP contribution in [0.3, 0.4) is 0 Å². The van der Waals surface area contributed by atoms with Crippen molar-refractivity contribution in [3.8, 4) is 0 Å². The first-order chi connectivity index (χ1) is 18.5. The highest BCUT2D eigenvalue weighted by Gasteiger charge is 2.30. The number of alkyl carbamates (subject to hydrolysis) is 1. The number of aryl methyl sites for hydroxylation is 1. The average molecular weight is 542 g/mol. The van der Waals surface area contributed by atoms with Crippen molar-refractivity contribution >= 4 is 40.4 Å². The number of nitrogens with one attached hydrogen (secondary N) is 3. The molecule has 2 heterocycles. The number of nitrogens with zero attached hydrogens (tertiary/aromatic N) is 2. The molecule has 0 aliphatic carbocycles. The van der Waals surface area contributed by atoms with Crippen molar-refractivity contribution < 1.29 is 23.9 Å². The zero-order valence-electron chi connectivity index (χ0n) is 23.2. The van der Waals surface area contributed by atoms with Crippen LogP contribution in [0.15, 0.2) is 23.0 Å². The fraction of sp³-hybridized carbons (Fsp3) is 0.571. The number of ether oxygens (including phenoxy) is 1. The second-order valence-corrected chi connectivity index (χ2v) is 10.9. The maximum Gasteiger partial charge on any atom is 0.407 e. The van der Waals surface area contributed by atoms with E-state index >= 15 is 0 Å². The summed E-state index contributed by atoms with van der Waals surface area (Å²) in [5.74, 6) is -0.685. The van der Waals surface area contributed by atoms with Crippen LogP contribution in [0.25, 0.3) is 10.9 Å². The third-order valence-corrected chi connectivity index (χ3v) is 6.40. The number of rotatable bonds is 11. The van der Waals surface area contributed by atoms with Crippen molar-refractivity contribution in [2.24, 2.45) is 0 Å². The van der Waals surface area contributed by atoms with E-state index in [4.69, 9.17) is 4.74 Å². The molecule has 11 heteroatoms. The van der Waals surface area contributed by atoms with E-state index in [2.05, 4.69) is 20.9 Å². The van der Waals surface area contributed by atoms with Crippen molar-refractivity contribution in [2.45, 2.75) is 97.1 Å². The number of imide groups is 1. The first-order valence-corrected chi connectivity index (χ1v) is 13.6. The van der Waals surface area contributed by atoms with Gasteiger partial charge in [0.05, 0.1) is 11.1 Å². The van der Waals surface area contributed by atoms with Crippen molar-refractivity contribution in [1.82, 2.24) is 20.2 Å². The number of hydrogen-bond donors (Lipinski definition) is 3. The summed E-state index contributed by atoms with van der Waals surface area (Å²) in [5.41, 5.74) is -0.0643. The molecule has 1 saturated heterocycles. The molecule has 11 nitrogen and oxygen atoms in total. The SMILES string of the molecule is Cc1nc2c(NC(=O)CCCCCCCCNC(=O)OC(C)(C)C)cccc2c(=O)n1C1CCC(=O)NC1=O. The van der Waals surface area contributed by atoms with Gasteiger partial charge in [0.15, 0.2) is 0 Å². The van der Waals surface area contributed by atoms with Gasteiger partial charge in [-0.25, -0.2) is 9.78 Å². The molecule has 0 spiro atoms. The Bertz CT molecular complexity index is 1280. The smallest absolute Gasteiger partial charge is 0.407 e. The Morgan fingerprint density at radius 1 is 1.08 bits per heavy atom. The molecule has 212 valence electrons. The summed E-state index contributed by atoms with van der Waals surface area (Å²) in [7, 11) is 0. The van der Waals surface area contributed by atoms with E-state index in [0.717, 1.165) is 38.5 Å². The van der Waals surface area contributed by atoms with E-state index in [1.807, 2.05) is 20.8 Å². The molecular formula is C28H39N5O6. The van der Waals surface area contributed by atoms with E-state index in [9.17, 15) is 24.0 Å². The summed E-state index contributed by atoms with van der Waals surface area (Å²) in [5, 5.41) is 8.20. The summed E-state index contributed by atoms with van der Waals surface area (Å²) >= 11 is 0. The van der Waals surface area contributed by atoms with Gasteiger partial charge in [0.25, 0.3) is 5.56 Å². The standard InChI is InChI=1S/C28H39N5O6/c1-18-30-24-19(26(37)33(18)21-15-16-23(35)32-25(21)36)12-11-13-20(24)31-22(34)14-9-7-5-6-8-10-17-29-27(38)39-28(2,3)4/h11-13,21H,5-10,14-17H2,1-4H3,(H,29,38)(H,31,34)(H,32,35,36). The average Bonchev–Trinajstić information content (AvgIpc) is 2.83. The van der Waals surface area contributed by atoms with Crippen molar-refractivity contribution in [1.29, 1.82) is 0 Å². The van der Waals surface area contributed by atoms with Gasteiger partial charge in [-0.15, -0.1) is 0 Å². The molecule has 1 aliphatic heterocycles. The summed E-state index contributed by atoms with van der Waals surface area (Å²) < 4.78 is 6.52. The number of unbranched alkanes of at least 4 members (excludes halogenated alkanes) is 5. The van der Waals surface area contributed by atoms with Crippen LogP contribution in [0.4, 0.5) is 10.5 Å². The van der Waals surface area contributed by atoms with Crippen LogP contribution >= 0.6 is 0 Å². The molecule has 2 aromatic rings. The maximum absolute atomic E-state index is 13.3. The van der Waals surface area contributed by atoms with Gasteiger partial charge in [-0.2, -0.15) is 0 Å². The fourth-order valence-electron chi connectivity index (χ4n) is 4.56. The van der Waals surface area contributed by atoms with Crippen molar-refractivity contribution in [2.75, 3.05) is 11.9 Å². The number of amides is 4. The minimum Gasteiger partial charge on any atom is -0.444 e. The highest BCUT2D eigenvalue weighted by Crippen LogP contribution is 2.23. The molecule has 3 N–H and O–H groups in total. The van der Waals surface area contributed by atoms with Crippen LogP contribution in [0.1, 0.15) is 90.4 Å². The molecule has 1 aromatic carbocycles. The molecule has 0 radical (unpaired) electrons. The highest BCUT2D eigenvalue weighted by molar-refractivity contribution is 6.01. The van der Waals surface area contributed by atoms with E-state index in [-0.39, 0.29) is 30.2 Å². The van der Waals surface area contributed by atoms with Gasteiger partial charge in [-0.3, -0.25) is 29.1 Å².